The highest BCUT2D eigenvalue weighted by molar-refractivity contribution is 7.26. The van der Waals surface area contributed by atoms with Gasteiger partial charge in [0.05, 0.1) is 15.9 Å². The molecule has 1 aliphatic rings. The molecule has 0 radical (unpaired) electrons. The van der Waals surface area contributed by atoms with Crippen molar-refractivity contribution in [2.45, 2.75) is 0 Å². The van der Waals surface area contributed by atoms with Gasteiger partial charge in [-0.2, -0.15) is 0 Å². The zero-order valence-electron chi connectivity index (χ0n) is 29.1. The number of thiophene rings is 1. The molecule has 0 unspecified atom stereocenters. The molecule has 12 aromatic rings. The molecule has 0 saturated carbocycles. The molecule has 0 N–H and O–H groups in total. The molecule has 4 heterocycles. The lowest BCUT2D eigenvalue weighted by Crippen LogP contribution is -1.94. The molecule has 4 nitrogen and oxygen atoms in total. The Morgan fingerprint density at radius 3 is 1.96 bits per heavy atom. The highest BCUT2D eigenvalue weighted by Gasteiger charge is 2.26. The van der Waals surface area contributed by atoms with E-state index in [0.29, 0.717) is 5.82 Å². The van der Waals surface area contributed by atoms with E-state index in [2.05, 4.69) is 140 Å². The number of nitrogens with zero attached hydrogens (tertiary/aromatic N) is 2. The number of furan rings is 2. The Morgan fingerprint density at radius 2 is 1.09 bits per heavy atom. The van der Waals surface area contributed by atoms with Crippen molar-refractivity contribution in [3.8, 4) is 56.0 Å². The maximum Gasteiger partial charge on any atom is 0.160 e. The van der Waals surface area contributed by atoms with Crippen molar-refractivity contribution in [2.75, 3.05) is 0 Å². The SMILES string of the molecule is c1ccc2c(c1)oc1c(-c3nc(-c4ccc(-c5ccc6c(c5)-c5cccc7c5c-6cc5oc6ccccc6c57)cc4)nc4c3sc3ccccc34)cccc12. The fourth-order valence-electron chi connectivity index (χ4n) is 8.96. The number of para-hydroxylation sites is 3. The zero-order chi connectivity index (χ0) is 35.8. The molecule has 0 fully saturated rings. The Bertz CT molecular complexity index is 3610. The summed E-state index contributed by atoms with van der Waals surface area (Å²) in [7, 11) is 0. The maximum absolute atomic E-state index is 6.51. The molecule has 0 atom stereocenters. The van der Waals surface area contributed by atoms with E-state index in [1.807, 2.05) is 18.2 Å². The molecule has 0 saturated heterocycles. The smallest absolute Gasteiger partial charge is 0.160 e. The number of hydrogen-bond donors (Lipinski definition) is 0. The van der Waals surface area contributed by atoms with Crippen LogP contribution in [0.4, 0.5) is 0 Å². The van der Waals surface area contributed by atoms with Crippen LogP contribution in [0.1, 0.15) is 0 Å². The first-order valence-corrected chi connectivity index (χ1v) is 19.3. The zero-order valence-corrected chi connectivity index (χ0v) is 29.9. The molecular formula is C50H26N2O2S. The summed E-state index contributed by atoms with van der Waals surface area (Å²) in [5.74, 6) is 0.693. The number of hydrogen-bond acceptors (Lipinski definition) is 5. The van der Waals surface area contributed by atoms with Crippen LogP contribution in [0.3, 0.4) is 0 Å². The summed E-state index contributed by atoms with van der Waals surface area (Å²) in [6, 6.07) is 55.8. The normalized spacial score (nSPS) is 12.4. The molecule has 5 heteroatoms. The Balaban J connectivity index is 0.942. The Kier molecular flexibility index (Phi) is 5.74. The van der Waals surface area contributed by atoms with Gasteiger partial charge in [0.2, 0.25) is 0 Å². The minimum absolute atomic E-state index is 0.693. The summed E-state index contributed by atoms with van der Waals surface area (Å²) in [6.07, 6.45) is 0. The van der Waals surface area contributed by atoms with Gasteiger partial charge in [-0.3, -0.25) is 0 Å². The number of rotatable bonds is 3. The van der Waals surface area contributed by atoms with Gasteiger partial charge in [0.25, 0.3) is 0 Å². The van der Waals surface area contributed by atoms with Crippen LogP contribution in [-0.4, -0.2) is 9.97 Å². The van der Waals surface area contributed by atoms with E-state index in [1.165, 1.54) is 48.7 Å². The van der Waals surface area contributed by atoms with E-state index in [-0.39, 0.29) is 0 Å². The van der Waals surface area contributed by atoms with E-state index >= 15 is 0 Å². The maximum atomic E-state index is 6.51. The number of fused-ring (bicyclic) bond motifs is 13. The van der Waals surface area contributed by atoms with E-state index in [4.69, 9.17) is 18.8 Å². The lowest BCUT2D eigenvalue weighted by Gasteiger charge is -2.10. The number of benzene rings is 8. The van der Waals surface area contributed by atoms with E-state index in [9.17, 15) is 0 Å². The molecule has 0 bridgehead atoms. The average Bonchev–Trinajstić information content (AvgIpc) is 4.00. The molecule has 4 aromatic heterocycles. The van der Waals surface area contributed by atoms with Crippen molar-refractivity contribution in [1.29, 1.82) is 0 Å². The number of aromatic nitrogens is 2. The van der Waals surface area contributed by atoms with Crippen LogP contribution in [0, 0.1) is 0 Å². The summed E-state index contributed by atoms with van der Waals surface area (Å²) >= 11 is 1.74. The highest BCUT2D eigenvalue weighted by atomic mass is 32.1. The minimum atomic E-state index is 0.693. The van der Waals surface area contributed by atoms with Crippen molar-refractivity contribution in [2.24, 2.45) is 0 Å². The second kappa shape index (κ2) is 10.8. The lowest BCUT2D eigenvalue weighted by molar-refractivity contribution is 0.669. The topological polar surface area (TPSA) is 52.1 Å². The summed E-state index contributed by atoms with van der Waals surface area (Å²) in [5, 5.41) is 8.21. The summed E-state index contributed by atoms with van der Waals surface area (Å²) in [4.78, 5) is 10.6. The third kappa shape index (κ3) is 4.05. The largest absolute Gasteiger partial charge is 0.456 e. The van der Waals surface area contributed by atoms with Crippen LogP contribution in [-0.2, 0) is 0 Å². The third-order valence-electron chi connectivity index (χ3n) is 11.5. The van der Waals surface area contributed by atoms with Gasteiger partial charge >= 0.3 is 0 Å². The van der Waals surface area contributed by atoms with E-state index in [0.717, 1.165) is 76.5 Å². The molecule has 1 aliphatic carbocycles. The molecule has 55 heavy (non-hydrogen) atoms. The molecule has 0 amide bonds. The molecule has 254 valence electrons. The van der Waals surface area contributed by atoms with Crippen LogP contribution in [0.5, 0.6) is 0 Å². The van der Waals surface area contributed by atoms with Crippen molar-refractivity contribution < 1.29 is 8.83 Å². The predicted octanol–water partition coefficient (Wildman–Crippen LogP) is 14.4. The Morgan fingerprint density at radius 1 is 0.400 bits per heavy atom. The van der Waals surface area contributed by atoms with Crippen LogP contribution in [0.25, 0.3) is 131 Å². The van der Waals surface area contributed by atoms with Crippen LogP contribution < -0.4 is 0 Å². The summed E-state index contributed by atoms with van der Waals surface area (Å²) in [6.45, 7) is 0. The summed E-state index contributed by atoms with van der Waals surface area (Å²) < 4.78 is 15.1. The van der Waals surface area contributed by atoms with Crippen molar-refractivity contribution in [3.05, 3.63) is 158 Å². The molecule has 8 aromatic carbocycles. The van der Waals surface area contributed by atoms with Crippen LogP contribution in [0.2, 0.25) is 0 Å². The summed E-state index contributed by atoms with van der Waals surface area (Å²) in [5.41, 5.74) is 14.7. The van der Waals surface area contributed by atoms with Crippen molar-refractivity contribution in [1.82, 2.24) is 9.97 Å². The average molecular weight is 719 g/mol. The van der Waals surface area contributed by atoms with E-state index in [1.54, 1.807) is 11.3 Å². The van der Waals surface area contributed by atoms with Gasteiger partial charge in [0.1, 0.15) is 22.3 Å². The standard InChI is InChI=1S/C50H26N2O2S/c1-4-16-40-31(9-1)33-13-8-15-37(48(33)54-40)47-49-46(35-11-3-6-18-43(35)55-49)51-50(52-47)28-21-19-27(20-22-28)29-23-24-30-38(25-29)32-12-7-14-36-44(32)39(30)26-42-45(36)34-10-2-5-17-41(34)53-42/h1-26H. The van der Waals surface area contributed by atoms with Gasteiger partial charge in [0, 0.05) is 42.8 Å². The first-order chi connectivity index (χ1) is 27.2. The van der Waals surface area contributed by atoms with Gasteiger partial charge in [-0.1, -0.05) is 121 Å². The first-order valence-electron chi connectivity index (χ1n) is 18.5. The van der Waals surface area contributed by atoms with Gasteiger partial charge in [-0.05, 0) is 80.6 Å². The fourth-order valence-corrected chi connectivity index (χ4v) is 10.1. The third-order valence-corrected chi connectivity index (χ3v) is 12.6. The monoisotopic (exact) mass is 718 g/mol. The quantitative estimate of drug-likeness (QED) is 0.182. The molecule has 0 spiro atoms. The second-order valence-corrected chi connectivity index (χ2v) is 15.5. The van der Waals surface area contributed by atoms with E-state index < -0.39 is 0 Å². The fraction of sp³-hybridized carbons (Fsp3) is 0. The Labute approximate surface area is 317 Å². The van der Waals surface area contributed by atoms with Crippen molar-refractivity contribution in [3.63, 3.8) is 0 Å². The first kappa shape index (κ1) is 29.4. The Hall–Kier alpha value is -7.08. The second-order valence-electron chi connectivity index (χ2n) is 14.4. The van der Waals surface area contributed by atoms with Gasteiger partial charge in [0.15, 0.2) is 5.82 Å². The van der Waals surface area contributed by atoms with Gasteiger partial charge in [-0.25, -0.2) is 9.97 Å². The van der Waals surface area contributed by atoms with Crippen LogP contribution in [0.15, 0.2) is 167 Å². The predicted molar refractivity (Wildman–Crippen MR) is 228 cm³/mol. The van der Waals surface area contributed by atoms with Gasteiger partial charge < -0.3 is 8.83 Å². The highest BCUT2D eigenvalue weighted by Crippen LogP contribution is 2.52. The molecule has 0 aliphatic heterocycles. The molecular weight excluding hydrogens is 693 g/mol. The molecule has 13 rings (SSSR count). The minimum Gasteiger partial charge on any atom is -0.456 e. The van der Waals surface area contributed by atoms with Crippen LogP contribution >= 0.6 is 11.3 Å². The lowest BCUT2D eigenvalue weighted by atomic mass is 9.97. The van der Waals surface area contributed by atoms with Crippen molar-refractivity contribution >= 4 is 86.3 Å². The van der Waals surface area contributed by atoms with Gasteiger partial charge in [-0.15, -0.1) is 11.3 Å².